The van der Waals surface area contributed by atoms with Gasteiger partial charge >= 0.3 is 0 Å². The summed E-state index contributed by atoms with van der Waals surface area (Å²) in [7, 11) is 0. The zero-order chi connectivity index (χ0) is 7.84. The summed E-state index contributed by atoms with van der Waals surface area (Å²) in [6.07, 6.45) is 4.67. The first kappa shape index (κ1) is 6.77. The molecule has 1 aliphatic rings. The Kier molecular flexibility index (Phi) is 1.41. The molecule has 1 aliphatic carbocycles. The summed E-state index contributed by atoms with van der Waals surface area (Å²) in [6, 6.07) is 0. The van der Waals surface area contributed by atoms with E-state index in [0.717, 1.165) is 6.42 Å². The minimum Gasteiger partial charge on any atom is -0.258 e. The molecule has 0 saturated heterocycles. The lowest BCUT2D eigenvalue weighted by molar-refractivity contribution is 0.525. The van der Waals surface area contributed by atoms with Crippen LogP contribution >= 0.6 is 0 Å². The van der Waals surface area contributed by atoms with Gasteiger partial charge in [0.2, 0.25) is 0 Å². The van der Waals surface area contributed by atoms with Gasteiger partial charge in [-0.25, -0.2) is 0 Å². The van der Waals surface area contributed by atoms with E-state index in [1.54, 1.807) is 12.4 Å². The lowest BCUT2D eigenvalue weighted by Gasteiger charge is -2.06. The lowest BCUT2D eigenvalue weighted by atomic mass is 9.99. The van der Waals surface area contributed by atoms with E-state index in [0.29, 0.717) is 11.8 Å². The van der Waals surface area contributed by atoms with Gasteiger partial charge in [0, 0.05) is 18.3 Å². The van der Waals surface area contributed by atoms with E-state index in [1.807, 2.05) is 0 Å². The summed E-state index contributed by atoms with van der Waals surface area (Å²) in [5.74, 6) is 1.31. The van der Waals surface area contributed by atoms with Crippen LogP contribution in [0.4, 0.5) is 0 Å². The van der Waals surface area contributed by atoms with Crippen LogP contribution in [0, 0.1) is 5.92 Å². The molecule has 11 heavy (non-hydrogen) atoms. The first-order chi connectivity index (χ1) is 5.29. The molecule has 0 fully saturated rings. The van der Waals surface area contributed by atoms with Crippen LogP contribution < -0.4 is 0 Å². The highest BCUT2D eigenvalue weighted by Crippen LogP contribution is 2.33. The standard InChI is InChI=1S/C9H12N2/c1-6-5-8-9(7(6)2)11-4-3-10-8/h3-4,6-7H,5H2,1-2H3/t6-,7+/m0/s1. The zero-order valence-corrected chi connectivity index (χ0v) is 6.91. The number of aromatic nitrogens is 2. The molecule has 0 bridgehead atoms. The first-order valence-electron chi connectivity index (χ1n) is 4.09. The third-order valence-corrected chi connectivity index (χ3v) is 2.61. The Balaban J connectivity index is 2.47. The Morgan fingerprint density at radius 2 is 2.00 bits per heavy atom. The Hall–Kier alpha value is -0.920. The monoisotopic (exact) mass is 148 g/mol. The number of rotatable bonds is 0. The van der Waals surface area contributed by atoms with E-state index < -0.39 is 0 Å². The van der Waals surface area contributed by atoms with Crippen molar-refractivity contribution in [2.75, 3.05) is 0 Å². The maximum absolute atomic E-state index is 4.33. The SMILES string of the molecule is C[C@H]1Cc2nccnc2[C@@H]1C. The maximum atomic E-state index is 4.33. The third kappa shape index (κ3) is 0.934. The van der Waals surface area contributed by atoms with Crippen LogP contribution in [-0.4, -0.2) is 9.97 Å². The summed E-state index contributed by atoms with van der Waals surface area (Å²) < 4.78 is 0. The Morgan fingerprint density at radius 1 is 1.27 bits per heavy atom. The van der Waals surface area contributed by atoms with Crippen molar-refractivity contribution >= 4 is 0 Å². The molecule has 58 valence electrons. The molecule has 0 radical (unpaired) electrons. The van der Waals surface area contributed by atoms with Crippen LogP contribution in [-0.2, 0) is 6.42 Å². The van der Waals surface area contributed by atoms with Crippen LogP contribution in [0.1, 0.15) is 31.2 Å². The van der Waals surface area contributed by atoms with Gasteiger partial charge in [0.15, 0.2) is 0 Å². The van der Waals surface area contributed by atoms with Gasteiger partial charge in [-0.05, 0) is 12.3 Å². The molecule has 0 aromatic carbocycles. The molecule has 0 saturated carbocycles. The van der Waals surface area contributed by atoms with Crippen molar-refractivity contribution in [3.63, 3.8) is 0 Å². The second-order valence-corrected chi connectivity index (χ2v) is 3.36. The highest BCUT2D eigenvalue weighted by atomic mass is 14.8. The molecular formula is C9H12N2. The molecule has 2 nitrogen and oxygen atoms in total. The molecular weight excluding hydrogens is 136 g/mol. The Labute approximate surface area is 66.7 Å². The van der Waals surface area contributed by atoms with Crippen molar-refractivity contribution in [2.24, 2.45) is 5.92 Å². The average Bonchev–Trinajstić information content (AvgIpc) is 2.30. The molecule has 0 aliphatic heterocycles. The third-order valence-electron chi connectivity index (χ3n) is 2.61. The van der Waals surface area contributed by atoms with Gasteiger partial charge in [-0.1, -0.05) is 13.8 Å². The number of hydrogen-bond acceptors (Lipinski definition) is 2. The van der Waals surface area contributed by atoms with Crippen molar-refractivity contribution in [3.8, 4) is 0 Å². The predicted molar refractivity (Wildman–Crippen MR) is 43.3 cm³/mol. The molecule has 0 amide bonds. The van der Waals surface area contributed by atoms with Gasteiger partial charge in [0.25, 0.3) is 0 Å². The van der Waals surface area contributed by atoms with E-state index >= 15 is 0 Å². The second-order valence-electron chi connectivity index (χ2n) is 3.36. The van der Waals surface area contributed by atoms with Crippen molar-refractivity contribution in [1.29, 1.82) is 0 Å². The highest BCUT2D eigenvalue weighted by Gasteiger charge is 2.27. The number of nitrogens with zero attached hydrogens (tertiary/aromatic N) is 2. The fraction of sp³-hybridized carbons (Fsp3) is 0.556. The average molecular weight is 148 g/mol. The molecule has 2 atom stereocenters. The second kappa shape index (κ2) is 2.29. The van der Waals surface area contributed by atoms with Gasteiger partial charge in [-0.2, -0.15) is 0 Å². The summed E-state index contributed by atoms with van der Waals surface area (Å²) >= 11 is 0. The fourth-order valence-corrected chi connectivity index (χ4v) is 1.67. The van der Waals surface area contributed by atoms with E-state index in [4.69, 9.17) is 0 Å². The number of hydrogen-bond donors (Lipinski definition) is 0. The summed E-state index contributed by atoms with van der Waals surface area (Å²) in [6.45, 7) is 4.49. The molecule has 0 unspecified atom stereocenters. The van der Waals surface area contributed by atoms with Crippen molar-refractivity contribution in [2.45, 2.75) is 26.2 Å². The molecule has 1 heterocycles. The smallest absolute Gasteiger partial charge is 0.0649 e. The van der Waals surface area contributed by atoms with Crippen LogP contribution in [0.5, 0.6) is 0 Å². The molecule has 0 spiro atoms. The molecule has 1 aromatic heterocycles. The van der Waals surface area contributed by atoms with Gasteiger partial charge < -0.3 is 0 Å². The van der Waals surface area contributed by atoms with E-state index in [1.165, 1.54) is 11.4 Å². The molecule has 1 aromatic rings. The van der Waals surface area contributed by atoms with E-state index in [2.05, 4.69) is 23.8 Å². The Bertz CT molecular complexity index is 270. The quantitative estimate of drug-likeness (QED) is 0.560. The van der Waals surface area contributed by atoms with Gasteiger partial charge in [0.05, 0.1) is 11.4 Å². The zero-order valence-electron chi connectivity index (χ0n) is 6.91. The largest absolute Gasteiger partial charge is 0.258 e. The Morgan fingerprint density at radius 3 is 2.73 bits per heavy atom. The topological polar surface area (TPSA) is 25.8 Å². The maximum Gasteiger partial charge on any atom is 0.0649 e. The van der Waals surface area contributed by atoms with E-state index in [9.17, 15) is 0 Å². The predicted octanol–water partition coefficient (Wildman–Crippen LogP) is 1.77. The van der Waals surface area contributed by atoms with Crippen molar-refractivity contribution in [3.05, 3.63) is 23.8 Å². The summed E-state index contributed by atoms with van der Waals surface area (Å²) in [4.78, 5) is 8.63. The van der Waals surface area contributed by atoms with Crippen LogP contribution in [0.3, 0.4) is 0 Å². The van der Waals surface area contributed by atoms with E-state index in [-0.39, 0.29) is 0 Å². The molecule has 0 N–H and O–H groups in total. The normalized spacial score (nSPS) is 28.5. The number of fused-ring (bicyclic) bond motifs is 1. The van der Waals surface area contributed by atoms with Gasteiger partial charge in [0.1, 0.15) is 0 Å². The summed E-state index contributed by atoms with van der Waals surface area (Å²) in [5, 5.41) is 0. The lowest BCUT2D eigenvalue weighted by Crippen LogP contribution is -1.98. The van der Waals surface area contributed by atoms with Crippen LogP contribution in [0.15, 0.2) is 12.4 Å². The van der Waals surface area contributed by atoms with Crippen molar-refractivity contribution < 1.29 is 0 Å². The minimum atomic E-state index is 0.596. The minimum absolute atomic E-state index is 0.596. The van der Waals surface area contributed by atoms with Gasteiger partial charge in [-0.15, -0.1) is 0 Å². The van der Waals surface area contributed by atoms with Crippen molar-refractivity contribution in [1.82, 2.24) is 9.97 Å². The van der Waals surface area contributed by atoms with Crippen LogP contribution in [0.25, 0.3) is 0 Å². The first-order valence-corrected chi connectivity index (χ1v) is 4.09. The van der Waals surface area contributed by atoms with Gasteiger partial charge in [-0.3, -0.25) is 9.97 Å². The van der Waals surface area contributed by atoms with Crippen LogP contribution in [0.2, 0.25) is 0 Å². The summed E-state index contributed by atoms with van der Waals surface area (Å²) in [5.41, 5.74) is 2.41. The highest BCUT2D eigenvalue weighted by molar-refractivity contribution is 5.22. The molecule has 2 rings (SSSR count). The fourth-order valence-electron chi connectivity index (χ4n) is 1.67. The molecule has 2 heteroatoms.